The number of likely N-dealkylation sites (tertiary alicyclic amines) is 2. The molecule has 0 aromatic carbocycles. The maximum Gasteiger partial charge on any atom is 0.329 e. The lowest BCUT2D eigenvalue weighted by Crippen LogP contribution is -2.50. The van der Waals surface area contributed by atoms with Gasteiger partial charge < -0.3 is 19.6 Å². The molecule has 0 spiro atoms. The molecular weight excluding hydrogens is 260 g/mol. The Balaban J connectivity index is 1.46. The van der Waals surface area contributed by atoms with E-state index in [9.17, 15) is 9.59 Å². The molecule has 1 N–H and O–H groups in total. The Hall–Kier alpha value is -1.30. The van der Waals surface area contributed by atoms with Crippen LogP contribution >= 0.6 is 0 Å². The summed E-state index contributed by atoms with van der Waals surface area (Å²) in [5, 5.41) is 8.59. The largest absolute Gasteiger partial charge is 0.480 e. The maximum atomic E-state index is 12.5. The van der Waals surface area contributed by atoms with E-state index in [1.165, 1.54) is 12.8 Å². The highest BCUT2D eigenvalue weighted by Crippen LogP contribution is 2.38. The van der Waals surface area contributed by atoms with Crippen LogP contribution in [0.3, 0.4) is 0 Å². The topological polar surface area (TPSA) is 70.1 Å². The van der Waals surface area contributed by atoms with Crippen molar-refractivity contribution in [1.29, 1.82) is 0 Å². The van der Waals surface area contributed by atoms with Crippen LogP contribution in [0.4, 0.5) is 4.79 Å². The first-order chi connectivity index (χ1) is 9.63. The van der Waals surface area contributed by atoms with Crippen LogP contribution in [0.1, 0.15) is 32.1 Å². The monoisotopic (exact) mass is 282 g/mol. The minimum Gasteiger partial charge on any atom is -0.480 e. The quantitative estimate of drug-likeness (QED) is 0.843. The number of aliphatic carboxylic acids is 1. The highest BCUT2D eigenvalue weighted by molar-refractivity contribution is 5.75. The van der Waals surface area contributed by atoms with E-state index >= 15 is 0 Å². The number of nitrogens with zero attached hydrogens (tertiary/aromatic N) is 2. The number of carboxylic acid groups (broad SMARTS) is 1. The molecule has 1 aliphatic carbocycles. The van der Waals surface area contributed by atoms with Gasteiger partial charge in [-0.15, -0.1) is 0 Å². The van der Waals surface area contributed by atoms with Gasteiger partial charge in [0.15, 0.2) is 0 Å². The van der Waals surface area contributed by atoms with Crippen LogP contribution in [0, 0.1) is 5.92 Å². The molecule has 3 fully saturated rings. The average Bonchev–Trinajstić information content (AvgIpc) is 3.07. The van der Waals surface area contributed by atoms with E-state index < -0.39 is 5.97 Å². The van der Waals surface area contributed by atoms with Crippen LogP contribution < -0.4 is 0 Å². The van der Waals surface area contributed by atoms with E-state index in [4.69, 9.17) is 9.84 Å². The molecule has 0 radical (unpaired) electrons. The van der Waals surface area contributed by atoms with Crippen molar-refractivity contribution in [3.8, 4) is 0 Å². The van der Waals surface area contributed by atoms with Crippen molar-refractivity contribution in [1.82, 2.24) is 9.80 Å². The first-order valence-corrected chi connectivity index (χ1v) is 7.52. The molecule has 112 valence electrons. The molecule has 0 aromatic rings. The van der Waals surface area contributed by atoms with Crippen molar-refractivity contribution >= 4 is 12.0 Å². The predicted molar refractivity (Wildman–Crippen MR) is 71.4 cm³/mol. The van der Waals surface area contributed by atoms with E-state index in [-0.39, 0.29) is 18.7 Å². The summed E-state index contributed by atoms with van der Waals surface area (Å²) >= 11 is 0. The third-order valence-corrected chi connectivity index (χ3v) is 4.81. The molecule has 2 unspecified atom stereocenters. The Bertz CT molecular complexity index is 393. The molecule has 6 heteroatoms. The number of carboxylic acids is 1. The molecule has 20 heavy (non-hydrogen) atoms. The van der Waals surface area contributed by atoms with Crippen LogP contribution in [0.5, 0.6) is 0 Å². The third kappa shape index (κ3) is 2.75. The fourth-order valence-corrected chi connectivity index (χ4v) is 3.74. The Labute approximate surface area is 118 Å². The number of rotatable bonds is 3. The molecular formula is C14H22N2O4. The second kappa shape index (κ2) is 5.60. The maximum absolute atomic E-state index is 12.5. The van der Waals surface area contributed by atoms with Gasteiger partial charge in [-0.3, -0.25) is 0 Å². The molecule has 2 saturated heterocycles. The van der Waals surface area contributed by atoms with Crippen molar-refractivity contribution in [2.24, 2.45) is 5.92 Å². The smallest absolute Gasteiger partial charge is 0.329 e. The summed E-state index contributed by atoms with van der Waals surface area (Å²) < 4.78 is 5.30. The van der Waals surface area contributed by atoms with Crippen molar-refractivity contribution in [3.63, 3.8) is 0 Å². The average molecular weight is 282 g/mol. The van der Waals surface area contributed by atoms with E-state index in [1.807, 2.05) is 9.80 Å². The van der Waals surface area contributed by atoms with Crippen molar-refractivity contribution < 1.29 is 19.4 Å². The molecule has 3 rings (SSSR count). The van der Waals surface area contributed by atoms with Gasteiger partial charge in [-0.2, -0.15) is 0 Å². The summed E-state index contributed by atoms with van der Waals surface area (Å²) in [4.78, 5) is 26.9. The molecule has 0 aromatic heterocycles. The summed E-state index contributed by atoms with van der Waals surface area (Å²) in [5.41, 5.74) is 0. The zero-order chi connectivity index (χ0) is 14.1. The third-order valence-electron chi connectivity index (χ3n) is 4.81. The van der Waals surface area contributed by atoms with Gasteiger partial charge in [-0.1, -0.05) is 0 Å². The first-order valence-electron chi connectivity index (χ1n) is 7.52. The lowest BCUT2D eigenvalue weighted by Gasteiger charge is -2.37. The fourth-order valence-electron chi connectivity index (χ4n) is 3.74. The summed E-state index contributed by atoms with van der Waals surface area (Å²) in [6.45, 7) is 2.04. The van der Waals surface area contributed by atoms with Crippen LogP contribution in [0.25, 0.3) is 0 Å². The zero-order valence-electron chi connectivity index (χ0n) is 11.7. The molecule has 2 amide bonds. The van der Waals surface area contributed by atoms with Gasteiger partial charge in [-0.25, -0.2) is 9.59 Å². The lowest BCUT2D eigenvalue weighted by molar-refractivity contribution is -0.145. The molecule has 6 nitrogen and oxygen atoms in total. The summed E-state index contributed by atoms with van der Waals surface area (Å²) in [6.07, 6.45) is 5.07. The number of amides is 2. The SMILES string of the molecule is O=C(O)COC1CCN(C(=O)N2CC3CCC2C3)CC1. The van der Waals surface area contributed by atoms with Crippen LogP contribution in [-0.2, 0) is 9.53 Å². The minimum atomic E-state index is -0.934. The van der Waals surface area contributed by atoms with E-state index in [0.29, 0.717) is 19.1 Å². The second-order valence-corrected chi connectivity index (χ2v) is 6.16. The van der Waals surface area contributed by atoms with Gasteiger partial charge in [0, 0.05) is 25.7 Å². The summed E-state index contributed by atoms with van der Waals surface area (Å²) in [5.74, 6) is -0.211. The Morgan fingerprint density at radius 1 is 1.15 bits per heavy atom. The number of carbonyl (C=O) groups excluding carboxylic acids is 1. The molecule has 2 atom stereocenters. The summed E-state index contributed by atoms with van der Waals surface area (Å²) in [7, 11) is 0. The van der Waals surface area contributed by atoms with Crippen molar-refractivity contribution in [3.05, 3.63) is 0 Å². The van der Waals surface area contributed by atoms with Gasteiger partial charge >= 0.3 is 12.0 Å². The predicted octanol–water partition coefficient (Wildman–Crippen LogP) is 1.16. The zero-order valence-corrected chi connectivity index (χ0v) is 11.7. The fraction of sp³-hybridized carbons (Fsp3) is 0.857. The number of hydrogen-bond acceptors (Lipinski definition) is 3. The van der Waals surface area contributed by atoms with Crippen molar-refractivity contribution in [2.75, 3.05) is 26.2 Å². The molecule has 2 aliphatic heterocycles. The van der Waals surface area contributed by atoms with Gasteiger partial charge in [-0.05, 0) is 38.0 Å². The van der Waals surface area contributed by atoms with Gasteiger partial charge in [0.1, 0.15) is 6.61 Å². The Kier molecular flexibility index (Phi) is 3.83. The van der Waals surface area contributed by atoms with Gasteiger partial charge in [0.05, 0.1) is 6.10 Å². The van der Waals surface area contributed by atoms with Crippen LogP contribution in [0.2, 0.25) is 0 Å². The number of carbonyl (C=O) groups is 2. The highest BCUT2D eigenvalue weighted by atomic mass is 16.5. The molecule has 2 heterocycles. The highest BCUT2D eigenvalue weighted by Gasteiger charge is 2.42. The number of urea groups is 1. The standard InChI is InChI=1S/C14H22N2O4/c17-13(18)9-20-12-3-5-15(6-4-12)14(19)16-8-10-1-2-11(16)7-10/h10-12H,1-9H2,(H,17,18). The molecule has 2 bridgehead atoms. The van der Waals surface area contributed by atoms with Crippen molar-refractivity contribution in [2.45, 2.75) is 44.2 Å². The van der Waals surface area contributed by atoms with Gasteiger partial charge in [0.25, 0.3) is 0 Å². The normalized spacial score (nSPS) is 30.0. The van der Waals surface area contributed by atoms with Gasteiger partial charge in [0.2, 0.25) is 0 Å². The van der Waals surface area contributed by atoms with Crippen LogP contribution in [0.15, 0.2) is 0 Å². The Morgan fingerprint density at radius 3 is 2.45 bits per heavy atom. The number of fused-ring (bicyclic) bond motifs is 2. The molecule has 3 aliphatic rings. The Morgan fingerprint density at radius 2 is 1.90 bits per heavy atom. The molecule has 1 saturated carbocycles. The number of piperidine rings is 2. The lowest BCUT2D eigenvalue weighted by atomic mass is 10.1. The number of ether oxygens (including phenoxy) is 1. The number of hydrogen-bond donors (Lipinski definition) is 1. The second-order valence-electron chi connectivity index (χ2n) is 6.16. The van der Waals surface area contributed by atoms with Crippen LogP contribution in [-0.4, -0.2) is 65.3 Å². The summed E-state index contributed by atoms with van der Waals surface area (Å²) in [6, 6.07) is 0.641. The van der Waals surface area contributed by atoms with E-state index in [0.717, 1.165) is 31.7 Å². The van der Waals surface area contributed by atoms with E-state index in [2.05, 4.69) is 0 Å². The van der Waals surface area contributed by atoms with E-state index in [1.54, 1.807) is 0 Å². The minimum absolute atomic E-state index is 0.0230. The first kappa shape index (κ1) is 13.7.